The summed E-state index contributed by atoms with van der Waals surface area (Å²) in [4.78, 5) is 22.7. The standard InChI is InChI=1S/C14H15F3N2O2/c15-14(16,17)10-4-2-1-3-9(10)7-8-18-13(21)11-5-6-12(20)19-11/h1-4,11H,5-8H2,(H,18,21)(H,19,20)/t11-/m1/s1. The summed E-state index contributed by atoms with van der Waals surface area (Å²) in [6.45, 7) is 0.0955. The second-order valence-electron chi connectivity index (χ2n) is 4.85. The molecule has 0 bridgehead atoms. The van der Waals surface area contributed by atoms with Gasteiger partial charge < -0.3 is 10.6 Å². The zero-order valence-corrected chi connectivity index (χ0v) is 11.2. The molecule has 0 saturated carbocycles. The molecule has 1 aliphatic heterocycles. The van der Waals surface area contributed by atoms with Crippen molar-refractivity contribution in [1.82, 2.24) is 10.6 Å². The van der Waals surface area contributed by atoms with E-state index in [-0.39, 0.29) is 30.3 Å². The average molecular weight is 300 g/mol. The molecular weight excluding hydrogens is 285 g/mol. The van der Waals surface area contributed by atoms with Crippen molar-refractivity contribution in [3.8, 4) is 0 Å². The Hall–Kier alpha value is -2.05. The molecule has 1 heterocycles. The van der Waals surface area contributed by atoms with Crippen molar-refractivity contribution in [1.29, 1.82) is 0 Å². The van der Waals surface area contributed by atoms with E-state index in [2.05, 4.69) is 10.6 Å². The number of rotatable bonds is 4. The first kappa shape index (κ1) is 15.3. The lowest BCUT2D eigenvalue weighted by atomic mass is 10.0. The van der Waals surface area contributed by atoms with E-state index in [4.69, 9.17) is 0 Å². The van der Waals surface area contributed by atoms with Gasteiger partial charge in [0, 0.05) is 13.0 Å². The molecule has 1 saturated heterocycles. The van der Waals surface area contributed by atoms with Crippen molar-refractivity contribution in [3.05, 3.63) is 35.4 Å². The Bertz CT molecular complexity index is 543. The fourth-order valence-corrected chi connectivity index (χ4v) is 2.27. The summed E-state index contributed by atoms with van der Waals surface area (Å²) in [6, 6.07) is 4.71. The fraction of sp³-hybridized carbons (Fsp3) is 0.429. The first-order valence-electron chi connectivity index (χ1n) is 6.60. The van der Waals surface area contributed by atoms with E-state index in [0.29, 0.717) is 12.8 Å². The van der Waals surface area contributed by atoms with Gasteiger partial charge in [0.25, 0.3) is 0 Å². The molecule has 1 aromatic carbocycles. The topological polar surface area (TPSA) is 58.2 Å². The minimum Gasteiger partial charge on any atom is -0.354 e. The number of hydrogen-bond donors (Lipinski definition) is 2. The van der Waals surface area contributed by atoms with Crippen LogP contribution in [0.4, 0.5) is 13.2 Å². The van der Waals surface area contributed by atoms with E-state index < -0.39 is 17.8 Å². The van der Waals surface area contributed by atoms with Crippen LogP contribution >= 0.6 is 0 Å². The molecule has 7 heteroatoms. The van der Waals surface area contributed by atoms with Gasteiger partial charge >= 0.3 is 6.18 Å². The van der Waals surface area contributed by atoms with Crippen LogP contribution in [-0.4, -0.2) is 24.4 Å². The molecule has 1 aliphatic rings. The van der Waals surface area contributed by atoms with Crippen molar-refractivity contribution < 1.29 is 22.8 Å². The first-order valence-corrected chi connectivity index (χ1v) is 6.60. The highest BCUT2D eigenvalue weighted by Gasteiger charge is 2.32. The number of nitrogens with one attached hydrogen (secondary N) is 2. The van der Waals surface area contributed by atoms with Crippen LogP contribution in [0.25, 0.3) is 0 Å². The molecule has 4 nitrogen and oxygen atoms in total. The lowest BCUT2D eigenvalue weighted by Crippen LogP contribution is -2.42. The molecule has 1 aromatic rings. The van der Waals surface area contributed by atoms with Gasteiger partial charge in [-0.1, -0.05) is 18.2 Å². The van der Waals surface area contributed by atoms with Gasteiger partial charge in [0.15, 0.2) is 0 Å². The average Bonchev–Trinajstić information content (AvgIpc) is 2.85. The summed E-state index contributed by atoms with van der Waals surface area (Å²) in [5.41, 5.74) is -0.547. The maximum Gasteiger partial charge on any atom is 0.416 e. The van der Waals surface area contributed by atoms with Crippen molar-refractivity contribution >= 4 is 11.8 Å². The summed E-state index contributed by atoms with van der Waals surface area (Å²) in [7, 11) is 0. The summed E-state index contributed by atoms with van der Waals surface area (Å²) in [5, 5.41) is 5.06. The van der Waals surface area contributed by atoms with Gasteiger partial charge in [0.2, 0.25) is 11.8 Å². The summed E-state index contributed by atoms with van der Waals surface area (Å²) >= 11 is 0. The molecule has 1 fully saturated rings. The van der Waals surface area contributed by atoms with E-state index in [9.17, 15) is 22.8 Å². The molecule has 1 atom stereocenters. The van der Waals surface area contributed by atoms with Crippen LogP contribution in [0, 0.1) is 0 Å². The summed E-state index contributed by atoms with van der Waals surface area (Å²) in [5.74, 6) is -0.539. The van der Waals surface area contributed by atoms with Crippen LogP contribution in [0.2, 0.25) is 0 Å². The van der Waals surface area contributed by atoms with Crippen molar-refractivity contribution in [2.45, 2.75) is 31.5 Å². The van der Waals surface area contributed by atoms with E-state index in [1.807, 2.05) is 0 Å². The highest BCUT2D eigenvalue weighted by molar-refractivity contribution is 5.90. The van der Waals surface area contributed by atoms with Crippen molar-refractivity contribution in [3.63, 3.8) is 0 Å². The third kappa shape index (κ3) is 3.96. The van der Waals surface area contributed by atoms with E-state index in [1.54, 1.807) is 0 Å². The Balaban J connectivity index is 1.89. The van der Waals surface area contributed by atoms with Crippen LogP contribution in [0.15, 0.2) is 24.3 Å². The summed E-state index contributed by atoms with van der Waals surface area (Å²) < 4.78 is 38.4. The fourth-order valence-electron chi connectivity index (χ4n) is 2.27. The molecule has 2 rings (SSSR count). The van der Waals surface area contributed by atoms with Gasteiger partial charge in [-0.25, -0.2) is 0 Å². The van der Waals surface area contributed by atoms with E-state index >= 15 is 0 Å². The Kier molecular flexibility index (Phi) is 4.50. The Labute approximate surface area is 119 Å². The lowest BCUT2D eigenvalue weighted by Gasteiger charge is -2.14. The number of alkyl halides is 3. The zero-order valence-electron chi connectivity index (χ0n) is 11.2. The van der Waals surface area contributed by atoms with Crippen molar-refractivity contribution in [2.24, 2.45) is 0 Å². The van der Waals surface area contributed by atoms with Gasteiger partial charge in [-0.3, -0.25) is 9.59 Å². The number of benzene rings is 1. The maximum atomic E-state index is 12.8. The molecule has 0 unspecified atom stereocenters. The molecule has 0 aliphatic carbocycles. The molecule has 2 amide bonds. The second-order valence-corrected chi connectivity index (χ2v) is 4.85. The van der Waals surface area contributed by atoms with Gasteiger partial charge in [-0.05, 0) is 24.5 Å². The molecule has 21 heavy (non-hydrogen) atoms. The van der Waals surface area contributed by atoms with Crippen LogP contribution in [0.3, 0.4) is 0 Å². The SMILES string of the molecule is O=C1CC[C@H](C(=O)NCCc2ccccc2C(F)(F)F)N1. The molecule has 0 spiro atoms. The predicted octanol–water partition coefficient (Wildman–Crippen LogP) is 1.64. The molecule has 2 N–H and O–H groups in total. The zero-order chi connectivity index (χ0) is 15.5. The quantitative estimate of drug-likeness (QED) is 0.888. The van der Waals surface area contributed by atoms with E-state index in [1.165, 1.54) is 18.2 Å². The van der Waals surface area contributed by atoms with Crippen LogP contribution in [-0.2, 0) is 22.2 Å². The highest BCUT2D eigenvalue weighted by Crippen LogP contribution is 2.31. The molecule has 0 radical (unpaired) electrons. The number of amides is 2. The van der Waals surface area contributed by atoms with Gasteiger partial charge in [-0.2, -0.15) is 13.2 Å². The van der Waals surface area contributed by atoms with Crippen molar-refractivity contribution in [2.75, 3.05) is 6.54 Å². The van der Waals surface area contributed by atoms with Gasteiger partial charge in [0.05, 0.1) is 5.56 Å². The third-order valence-corrected chi connectivity index (χ3v) is 3.33. The van der Waals surface area contributed by atoms with Crippen LogP contribution in [0.5, 0.6) is 0 Å². The number of carbonyl (C=O) groups is 2. The lowest BCUT2D eigenvalue weighted by molar-refractivity contribution is -0.138. The molecular formula is C14H15F3N2O2. The van der Waals surface area contributed by atoms with Crippen LogP contribution in [0.1, 0.15) is 24.0 Å². The maximum absolute atomic E-state index is 12.8. The molecule has 0 aromatic heterocycles. The Morgan fingerprint density at radius 3 is 2.67 bits per heavy atom. The van der Waals surface area contributed by atoms with Gasteiger partial charge in [0.1, 0.15) is 6.04 Å². The second kappa shape index (κ2) is 6.15. The normalized spacial score (nSPS) is 18.4. The number of hydrogen-bond acceptors (Lipinski definition) is 2. The number of halogens is 3. The minimum atomic E-state index is -4.40. The smallest absolute Gasteiger partial charge is 0.354 e. The summed E-state index contributed by atoms with van der Waals surface area (Å²) in [6.07, 6.45) is -3.60. The Morgan fingerprint density at radius 1 is 1.33 bits per heavy atom. The van der Waals surface area contributed by atoms with Gasteiger partial charge in [-0.15, -0.1) is 0 Å². The minimum absolute atomic E-state index is 0.0854. The monoisotopic (exact) mass is 300 g/mol. The first-order chi connectivity index (χ1) is 9.88. The largest absolute Gasteiger partial charge is 0.416 e. The van der Waals surface area contributed by atoms with Crippen LogP contribution < -0.4 is 10.6 Å². The molecule has 114 valence electrons. The third-order valence-electron chi connectivity index (χ3n) is 3.33. The highest BCUT2D eigenvalue weighted by atomic mass is 19.4. The van der Waals surface area contributed by atoms with E-state index in [0.717, 1.165) is 6.07 Å². The Morgan fingerprint density at radius 2 is 2.05 bits per heavy atom. The number of carbonyl (C=O) groups excluding carboxylic acids is 2. The predicted molar refractivity (Wildman–Crippen MR) is 69.3 cm³/mol.